The van der Waals surface area contributed by atoms with Gasteiger partial charge in [0.15, 0.2) is 5.65 Å². The quantitative estimate of drug-likeness (QED) is 0.605. The van der Waals surface area contributed by atoms with Gasteiger partial charge in [0.1, 0.15) is 12.1 Å². The van der Waals surface area contributed by atoms with Crippen LogP contribution in [0.15, 0.2) is 55.2 Å². The highest BCUT2D eigenvalue weighted by Crippen LogP contribution is 2.25. The summed E-state index contributed by atoms with van der Waals surface area (Å²) in [6, 6.07) is 9.33. The van der Waals surface area contributed by atoms with Crippen LogP contribution in [0.5, 0.6) is 0 Å². The Kier molecular flexibility index (Phi) is 4.33. The van der Waals surface area contributed by atoms with Crippen molar-refractivity contribution >= 4 is 17.4 Å². The fourth-order valence-electron chi connectivity index (χ4n) is 2.95. The first kappa shape index (κ1) is 16.8. The van der Waals surface area contributed by atoms with E-state index in [1.165, 1.54) is 0 Å². The topological polar surface area (TPSA) is 85.1 Å². The minimum absolute atomic E-state index is 0.280. The van der Waals surface area contributed by atoms with Crippen LogP contribution in [-0.4, -0.2) is 30.5 Å². The number of hydrogen-bond donors (Lipinski definition) is 1. The minimum Gasteiger partial charge on any atom is -0.306 e. The van der Waals surface area contributed by atoms with E-state index in [-0.39, 0.29) is 5.91 Å². The summed E-state index contributed by atoms with van der Waals surface area (Å²) in [5.74, 6) is 0.233. The Hall–Kier alpha value is -3.61. The van der Waals surface area contributed by atoms with Crippen molar-refractivity contribution < 1.29 is 4.79 Å². The van der Waals surface area contributed by atoms with E-state index in [0.717, 1.165) is 28.8 Å². The Morgan fingerprint density at radius 2 is 2.15 bits per heavy atom. The number of aryl methyl sites for hydroxylation is 2. The van der Waals surface area contributed by atoms with Gasteiger partial charge in [-0.3, -0.25) is 14.2 Å². The van der Waals surface area contributed by atoms with Crippen LogP contribution in [0.4, 0.5) is 5.82 Å². The van der Waals surface area contributed by atoms with Crippen LogP contribution in [0.25, 0.3) is 16.8 Å². The summed E-state index contributed by atoms with van der Waals surface area (Å²) >= 11 is 0. The van der Waals surface area contributed by atoms with Gasteiger partial charge in [-0.25, -0.2) is 4.98 Å². The third-order valence-corrected chi connectivity index (χ3v) is 4.40. The maximum Gasteiger partial charge on any atom is 0.260 e. The summed E-state index contributed by atoms with van der Waals surface area (Å²) in [6.45, 7) is 4.03. The molecular formula is C20H18N6O. The molecule has 1 amide bonds. The van der Waals surface area contributed by atoms with Gasteiger partial charge in [-0.05, 0) is 43.2 Å². The molecule has 0 radical (unpaired) electrons. The van der Waals surface area contributed by atoms with Crippen molar-refractivity contribution in [3.63, 3.8) is 0 Å². The fraction of sp³-hybridized carbons (Fsp3) is 0.150. The number of carbonyl (C=O) groups excluding carboxylic acids is 1. The molecule has 0 saturated carbocycles. The largest absolute Gasteiger partial charge is 0.306 e. The molecule has 0 aliphatic heterocycles. The van der Waals surface area contributed by atoms with Crippen molar-refractivity contribution in [3.8, 4) is 11.1 Å². The lowest BCUT2D eigenvalue weighted by Crippen LogP contribution is -2.15. The number of aromatic nitrogens is 5. The van der Waals surface area contributed by atoms with Crippen LogP contribution in [-0.2, 0) is 6.42 Å². The highest BCUT2D eigenvalue weighted by atomic mass is 16.1. The lowest BCUT2D eigenvalue weighted by molar-refractivity contribution is 0.102. The van der Waals surface area contributed by atoms with Crippen LogP contribution < -0.4 is 5.32 Å². The second-order valence-corrected chi connectivity index (χ2v) is 6.22. The van der Waals surface area contributed by atoms with Gasteiger partial charge >= 0.3 is 0 Å². The molecule has 0 bridgehead atoms. The predicted octanol–water partition coefficient (Wildman–Crippen LogP) is 3.31. The van der Waals surface area contributed by atoms with Gasteiger partial charge in [-0.1, -0.05) is 13.0 Å². The Bertz CT molecular complexity index is 1130. The zero-order chi connectivity index (χ0) is 18.8. The number of fused-ring (bicyclic) bond motifs is 1. The first-order valence-electron chi connectivity index (χ1n) is 8.67. The van der Waals surface area contributed by atoms with Crippen molar-refractivity contribution in [1.82, 2.24) is 24.6 Å². The second-order valence-electron chi connectivity index (χ2n) is 6.22. The van der Waals surface area contributed by atoms with Gasteiger partial charge < -0.3 is 5.32 Å². The van der Waals surface area contributed by atoms with Gasteiger partial charge in [0.05, 0.1) is 5.56 Å². The third-order valence-electron chi connectivity index (χ3n) is 4.40. The molecule has 0 atom stereocenters. The molecular weight excluding hydrogens is 340 g/mol. The molecule has 0 unspecified atom stereocenters. The number of nitrogens with zero attached hydrogens (tertiary/aromatic N) is 5. The molecule has 4 rings (SSSR count). The van der Waals surface area contributed by atoms with Crippen LogP contribution in [0, 0.1) is 6.92 Å². The van der Waals surface area contributed by atoms with Gasteiger partial charge in [-0.15, -0.1) is 10.2 Å². The SMILES string of the molecule is CCc1cccc(NC(=O)c2cc(-c3cnccc3C)cn3cnnc23)n1. The lowest BCUT2D eigenvalue weighted by Gasteiger charge is -2.10. The molecule has 0 saturated heterocycles. The molecule has 0 aliphatic rings. The van der Waals surface area contributed by atoms with Crippen molar-refractivity contribution in [1.29, 1.82) is 0 Å². The Labute approximate surface area is 156 Å². The molecule has 1 N–H and O–H groups in total. The number of hydrogen-bond acceptors (Lipinski definition) is 5. The maximum absolute atomic E-state index is 12.9. The molecule has 0 spiro atoms. The second kappa shape index (κ2) is 6.95. The van der Waals surface area contributed by atoms with Crippen LogP contribution >= 0.6 is 0 Å². The molecule has 0 fully saturated rings. The first-order valence-corrected chi connectivity index (χ1v) is 8.67. The fourth-order valence-corrected chi connectivity index (χ4v) is 2.95. The number of pyridine rings is 3. The van der Waals surface area contributed by atoms with E-state index in [0.29, 0.717) is 17.0 Å². The number of nitrogens with one attached hydrogen (secondary N) is 1. The van der Waals surface area contributed by atoms with Crippen LogP contribution in [0.3, 0.4) is 0 Å². The first-order chi connectivity index (χ1) is 13.2. The lowest BCUT2D eigenvalue weighted by atomic mass is 10.0. The molecule has 4 aromatic heterocycles. The smallest absolute Gasteiger partial charge is 0.260 e. The maximum atomic E-state index is 12.9. The number of carbonyl (C=O) groups is 1. The Morgan fingerprint density at radius 3 is 2.96 bits per heavy atom. The van der Waals surface area contributed by atoms with Crippen LogP contribution in [0.1, 0.15) is 28.5 Å². The molecule has 0 aromatic carbocycles. The van der Waals surface area contributed by atoms with Crippen molar-refractivity contribution in [2.24, 2.45) is 0 Å². The van der Waals surface area contributed by atoms with Gasteiger partial charge in [-0.2, -0.15) is 0 Å². The van der Waals surface area contributed by atoms with E-state index >= 15 is 0 Å². The molecule has 27 heavy (non-hydrogen) atoms. The monoisotopic (exact) mass is 358 g/mol. The normalized spacial score (nSPS) is 10.9. The van der Waals surface area contributed by atoms with Gasteiger partial charge in [0.2, 0.25) is 0 Å². The Balaban J connectivity index is 1.77. The average molecular weight is 358 g/mol. The third kappa shape index (κ3) is 3.27. The summed E-state index contributed by atoms with van der Waals surface area (Å²) in [5.41, 5.74) is 4.73. The van der Waals surface area contributed by atoms with Gasteiger partial charge in [0, 0.05) is 35.4 Å². The predicted molar refractivity (Wildman–Crippen MR) is 103 cm³/mol. The van der Waals surface area contributed by atoms with Crippen LogP contribution in [0.2, 0.25) is 0 Å². The molecule has 4 aromatic rings. The van der Waals surface area contributed by atoms with Crippen molar-refractivity contribution in [2.45, 2.75) is 20.3 Å². The summed E-state index contributed by atoms with van der Waals surface area (Å²) in [6.07, 6.45) is 7.81. The minimum atomic E-state index is -0.280. The summed E-state index contributed by atoms with van der Waals surface area (Å²) < 4.78 is 1.74. The molecule has 7 nitrogen and oxygen atoms in total. The molecule has 134 valence electrons. The zero-order valence-corrected chi connectivity index (χ0v) is 15.0. The zero-order valence-electron chi connectivity index (χ0n) is 15.0. The van der Waals surface area contributed by atoms with Crippen molar-refractivity contribution in [2.75, 3.05) is 5.32 Å². The average Bonchev–Trinajstić information content (AvgIpc) is 3.16. The highest BCUT2D eigenvalue weighted by molar-refractivity contribution is 6.08. The van der Waals surface area contributed by atoms with E-state index < -0.39 is 0 Å². The standard InChI is InChI=1S/C20H18N6O/c1-3-15-5-4-6-18(23-15)24-20(27)16-9-14(11-26-12-22-25-19(16)26)17-10-21-8-7-13(17)2/h4-12H,3H2,1-2H3,(H,23,24,27). The van der Waals surface area contributed by atoms with E-state index in [2.05, 4.69) is 25.5 Å². The number of rotatable bonds is 4. The van der Waals surface area contributed by atoms with E-state index in [1.54, 1.807) is 29.2 Å². The van der Waals surface area contributed by atoms with E-state index in [9.17, 15) is 4.79 Å². The highest BCUT2D eigenvalue weighted by Gasteiger charge is 2.16. The molecule has 7 heteroatoms. The number of amides is 1. The Morgan fingerprint density at radius 1 is 1.26 bits per heavy atom. The van der Waals surface area contributed by atoms with Gasteiger partial charge in [0.25, 0.3) is 5.91 Å². The summed E-state index contributed by atoms with van der Waals surface area (Å²) in [7, 11) is 0. The summed E-state index contributed by atoms with van der Waals surface area (Å²) in [4.78, 5) is 21.6. The summed E-state index contributed by atoms with van der Waals surface area (Å²) in [5, 5.41) is 10.9. The molecule has 4 heterocycles. The molecule has 0 aliphatic carbocycles. The van der Waals surface area contributed by atoms with E-state index in [4.69, 9.17) is 0 Å². The van der Waals surface area contributed by atoms with Crippen molar-refractivity contribution in [3.05, 3.63) is 72.1 Å². The number of anilines is 1. The van der Waals surface area contributed by atoms with E-state index in [1.807, 2.05) is 44.3 Å².